The molecule has 14 aromatic rings. The van der Waals surface area contributed by atoms with Gasteiger partial charge in [0.05, 0.1) is 0 Å². The molecule has 0 unspecified atom stereocenters. The summed E-state index contributed by atoms with van der Waals surface area (Å²) in [7, 11) is 0. The second kappa shape index (κ2) is 13.7. The first-order valence-electron chi connectivity index (χ1n) is 22.0. The van der Waals surface area contributed by atoms with Gasteiger partial charge in [0.15, 0.2) is 0 Å². The Balaban J connectivity index is 1.02. The van der Waals surface area contributed by atoms with Crippen LogP contribution in [0.1, 0.15) is 0 Å². The topological polar surface area (TPSA) is 13.1 Å². The number of furan rings is 1. The van der Waals surface area contributed by atoms with Crippen molar-refractivity contribution in [2.45, 2.75) is 0 Å². The minimum absolute atomic E-state index is 0.907. The summed E-state index contributed by atoms with van der Waals surface area (Å²) in [6.45, 7) is 0. The Morgan fingerprint density at radius 2 is 0.797 bits per heavy atom. The first-order valence-corrected chi connectivity index (χ1v) is 22.8. The fraction of sp³-hybridized carbons (Fsp3) is 0. The zero-order chi connectivity index (χ0) is 41.9. The van der Waals surface area contributed by atoms with Crippen molar-refractivity contribution < 1.29 is 4.42 Å². The third kappa shape index (κ3) is 5.06. The van der Waals surface area contributed by atoms with Crippen molar-refractivity contribution in [1.82, 2.24) is 0 Å². The van der Waals surface area contributed by atoms with Gasteiger partial charge in [0, 0.05) is 41.9 Å². The van der Waals surface area contributed by atoms with Gasteiger partial charge in [-0.3, -0.25) is 0 Å². The van der Waals surface area contributed by atoms with Crippen LogP contribution in [0.4, 0.5) is 0 Å². The number of rotatable bonds is 4. The van der Waals surface area contributed by atoms with Crippen LogP contribution in [0.15, 0.2) is 223 Å². The van der Waals surface area contributed by atoms with Crippen molar-refractivity contribution in [1.29, 1.82) is 0 Å². The van der Waals surface area contributed by atoms with E-state index in [9.17, 15) is 0 Å². The molecule has 12 aromatic carbocycles. The summed E-state index contributed by atoms with van der Waals surface area (Å²) < 4.78 is 9.17. The minimum atomic E-state index is 0.907. The lowest BCUT2D eigenvalue weighted by molar-refractivity contribution is 0.672. The number of fused-ring (bicyclic) bond motifs is 12. The van der Waals surface area contributed by atoms with E-state index in [1.165, 1.54) is 113 Å². The summed E-state index contributed by atoms with van der Waals surface area (Å²) in [6.07, 6.45) is 0. The lowest BCUT2D eigenvalue weighted by Gasteiger charge is -2.19. The Morgan fingerprint density at radius 3 is 1.44 bits per heavy atom. The predicted molar refractivity (Wildman–Crippen MR) is 276 cm³/mol. The standard InChI is InChI=1S/C62H36OS/c1-2-17-38(18-3-1)56-41-20-6-10-24-45(41)58(46-25-11-7-21-42(46)56)50-28-15-31-55-60(50)52-30-14-29-51(62(52)64-55)59-47-26-12-8-22-43(47)57(44-23-9-13-27-48(44)59)39-33-35-54-53(36-39)49-34-32-37-16-4-5-19-40(37)61(49)63-54/h1-36H. The molecule has 0 radical (unpaired) electrons. The smallest absolute Gasteiger partial charge is 0.143 e. The third-order valence-electron chi connectivity index (χ3n) is 13.6. The van der Waals surface area contributed by atoms with Crippen LogP contribution in [0.25, 0.3) is 140 Å². The van der Waals surface area contributed by atoms with E-state index in [1.807, 2.05) is 11.3 Å². The molecule has 0 bridgehead atoms. The second-order valence-electron chi connectivity index (χ2n) is 17.0. The van der Waals surface area contributed by atoms with Crippen molar-refractivity contribution in [3.05, 3.63) is 218 Å². The molecule has 0 fully saturated rings. The Labute approximate surface area is 372 Å². The highest BCUT2D eigenvalue weighted by molar-refractivity contribution is 7.26. The van der Waals surface area contributed by atoms with Crippen molar-refractivity contribution >= 4 is 107 Å². The van der Waals surface area contributed by atoms with Crippen LogP contribution in [0, 0.1) is 0 Å². The minimum Gasteiger partial charge on any atom is -0.455 e. The second-order valence-corrected chi connectivity index (χ2v) is 18.0. The first kappa shape index (κ1) is 35.5. The van der Waals surface area contributed by atoms with E-state index in [2.05, 4.69) is 218 Å². The maximum atomic E-state index is 6.58. The number of hydrogen-bond acceptors (Lipinski definition) is 2. The summed E-state index contributed by atoms with van der Waals surface area (Å²) in [6, 6.07) is 80.4. The van der Waals surface area contributed by atoms with Crippen LogP contribution in [0.2, 0.25) is 0 Å². The van der Waals surface area contributed by atoms with Gasteiger partial charge >= 0.3 is 0 Å². The van der Waals surface area contributed by atoms with Crippen LogP contribution in [0.5, 0.6) is 0 Å². The van der Waals surface area contributed by atoms with E-state index in [1.54, 1.807) is 0 Å². The number of hydrogen-bond donors (Lipinski definition) is 0. The molecule has 14 rings (SSSR count). The molecule has 0 atom stereocenters. The highest BCUT2D eigenvalue weighted by Crippen LogP contribution is 2.52. The molecule has 0 aliphatic rings. The van der Waals surface area contributed by atoms with Crippen molar-refractivity contribution in [2.75, 3.05) is 0 Å². The lowest BCUT2D eigenvalue weighted by Crippen LogP contribution is -1.91. The molecule has 2 aromatic heterocycles. The monoisotopic (exact) mass is 828 g/mol. The maximum absolute atomic E-state index is 6.58. The van der Waals surface area contributed by atoms with Gasteiger partial charge in [0.25, 0.3) is 0 Å². The van der Waals surface area contributed by atoms with Crippen LogP contribution in [0.3, 0.4) is 0 Å². The van der Waals surface area contributed by atoms with Gasteiger partial charge in [-0.1, -0.05) is 194 Å². The molecule has 2 heteroatoms. The van der Waals surface area contributed by atoms with Gasteiger partial charge in [-0.25, -0.2) is 0 Å². The Hall–Kier alpha value is -8.04. The SMILES string of the molecule is c1ccc(-c2c3ccccc3c(-c3cccc4sc5c(-c6c7ccccc7c(-c7ccc8oc9c%10ccccc%10ccc9c8c7)c7ccccc67)cccc5c34)c3ccccc23)cc1. The summed E-state index contributed by atoms with van der Waals surface area (Å²) in [5.74, 6) is 0. The normalized spacial score (nSPS) is 12.1. The molecule has 0 saturated carbocycles. The van der Waals surface area contributed by atoms with Crippen LogP contribution < -0.4 is 0 Å². The molecule has 2 heterocycles. The van der Waals surface area contributed by atoms with Gasteiger partial charge in [-0.15, -0.1) is 11.3 Å². The van der Waals surface area contributed by atoms with E-state index in [0.29, 0.717) is 0 Å². The van der Waals surface area contributed by atoms with Gasteiger partial charge in [-0.05, 0) is 112 Å². The predicted octanol–water partition coefficient (Wildman–Crippen LogP) is 18.4. The average Bonchev–Trinajstić information content (AvgIpc) is 3.94. The summed E-state index contributed by atoms with van der Waals surface area (Å²) in [4.78, 5) is 0. The summed E-state index contributed by atoms with van der Waals surface area (Å²) in [5, 5.41) is 17.3. The highest BCUT2D eigenvalue weighted by Gasteiger charge is 2.23. The molecular formula is C62H36OS. The van der Waals surface area contributed by atoms with Crippen molar-refractivity contribution in [3.8, 4) is 44.5 Å². The van der Waals surface area contributed by atoms with Gasteiger partial charge in [-0.2, -0.15) is 0 Å². The van der Waals surface area contributed by atoms with E-state index >= 15 is 0 Å². The van der Waals surface area contributed by atoms with E-state index in [4.69, 9.17) is 4.42 Å². The fourth-order valence-corrected chi connectivity index (χ4v) is 12.2. The number of benzene rings is 12. The van der Waals surface area contributed by atoms with Crippen molar-refractivity contribution in [3.63, 3.8) is 0 Å². The molecule has 0 aliphatic heterocycles. The molecule has 0 spiro atoms. The molecule has 64 heavy (non-hydrogen) atoms. The maximum Gasteiger partial charge on any atom is 0.143 e. The lowest BCUT2D eigenvalue weighted by atomic mass is 9.84. The number of thiophene rings is 1. The van der Waals surface area contributed by atoms with Crippen LogP contribution in [-0.4, -0.2) is 0 Å². The van der Waals surface area contributed by atoms with E-state index in [-0.39, 0.29) is 0 Å². The third-order valence-corrected chi connectivity index (χ3v) is 14.8. The highest BCUT2D eigenvalue weighted by atomic mass is 32.1. The van der Waals surface area contributed by atoms with Crippen LogP contribution in [-0.2, 0) is 0 Å². The molecule has 0 amide bonds. The molecule has 1 nitrogen and oxygen atoms in total. The van der Waals surface area contributed by atoms with Crippen molar-refractivity contribution in [2.24, 2.45) is 0 Å². The first-order chi connectivity index (χ1) is 31.8. The summed E-state index contributed by atoms with van der Waals surface area (Å²) in [5.41, 5.74) is 11.9. The van der Waals surface area contributed by atoms with Gasteiger partial charge in [0.2, 0.25) is 0 Å². The fourth-order valence-electron chi connectivity index (χ4n) is 11.0. The molecular weight excluding hydrogens is 793 g/mol. The largest absolute Gasteiger partial charge is 0.455 e. The van der Waals surface area contributed by atoms with E-state index < -0.39 is 0 Å². The van der Waals surface area contributed by atoms with Crippen LogP contribution >= 0.6 is 11.3 Å². The summed E-state index contributed by atoms with van der Waals surface area (Å²) >= 11 is 1.91. The quantitative estimate of drug-likeness (QED) is 0.161. The van der Waals surface area contributed by atoms with E-state index in [0.717, 1.165) is 27.3 Å². The zero-order valence-corrected chi connectivity index (χ0v) is 35.4. The molecule has 0 aliphatic carbocycles. The average molecular weight is 829 g/mol. The Morgan fingerprint density at radius 1 is 0.297 bits per heavy atom. The molecule has 296 valence electrons. The Kier molecular flexibility index (Phi) is 7.63. The Bertz CT molecular complexity index is 4130. The van der Waals surface area contributed by atoms with Gasteiger partial charge < -0.3 is 4.42 Å². The van der Waals surface area contributed by atoms with Gasteiger partial charge in [0.1, 0.15) is 11.2 Å². The molecule has 0 saturated heterocycles. The zero-order valence-electron chi connectivity index (χ0n) is 34.6. The molecule has 0 N–H and O–H groups in total.